The van der Waals surface area contributed by atoms with Crippen molar-refractivity contribution in [2.45, 2.75) is 25.8 Å². The van der Waals surface area contributed by atoms with Gasteiger partial charge in [-0.15, -0.1) is 0 Å². The molecule has 3 rings (SSSR count). The van der Waals surface area contributed by atoms with E-state index in [0.29, 0.717) is 29.8 Å². The second-order valence-electron chi connectivity index (χ2n) is 5.45. The molecule has 1 aliphatic rings. The number of hydrogen-bond donors (Lipinski definition) is 1. The maximum absolute atomic E-state index is 11.9. The van der Waals surface area contributed by atoms with Crippen LogP contribution in [-0.4, -0.2) is 45.5 Å². The summed E-state index contributed by atoms with van der Waals surface area (Å²) in [6, 6.07) is 3.24. The zero-order valence-corrected chi connectivity index (χ0v) is 13.8. The number of anilines is 2. The predicted molar refractivity (Wildman–Crippen MR) is 85.6 cm³/mol. The van der Waals surface area contributed by atoms with E-state index in [1.54, 1.807) is 31.5 Å². The Hall–Kier alpha value is -2.13. The predicted octanol–water partition coefficient (Wildman–Crippen LogP) is 1.42. The number of rotatable bonds is 4. The van der Waals surface area contributed by atoms with Crippen LogP contribution in [0.1, 0.15) is 30.4 Å². The molecule has 0 spiro atoms. The van der Waals surface area contributed by atoms with Gasteiger partial charge in [0.05, 0.1) is 18.0 Å². The summed E-state index contributed by atoms with van der Waals surface area (Å²) in [4.78, 5) is 16.9. The van der Waals surface area contributed by atoms with Crippen LogP contribution in [0.25, 0.3) is 0 Å². The minimum atomic E-state index is -3.26. The van der Waals surface area contributed by atoms with Gasteiger partial charge in [0, 0.05) is 25.0 Å². The first-order chi connectivity index (χ1) is 10.9. The van der Waals surface area contributed by atoms with Crippen LogP contribution in [0.15, 0.2) is 24.5 Å². The molecule has 0 bridgehead atoms. The number of sulfonamides is 1. The Morgan fingerprint density at radius 2 is 2.00 bits per heavy atom. The Bertz CT molecular complexity index is 796. The first-order valence-electron chi connectivity index (χ1n) is 7.30. The highest BCUT2D eigenvalue weighted by Gasteiger charge is 2.33. The molecule has 1 fully saturated rings. The lowest BCUT2D eigenvalue weighted by Crippen LogP contribution is -2.30. The minimum Gasteiger partial charge on any atom is -0.309 e. The molecule has 2 aromatic heterocycles. The van der Waals surface area contributed by atoms with Gasteiger partial charge >= 0.3 is 0 Å². The topological polar surface area (TPSA) is 101 Å². The summed E-state index contributed by atoms with van der Waals surface area (Å²) in [6.07, 6.45) is 6.08. The number of aryl methyl sites for hydroxylation is 1. The molecule has 1 N–H and O–H groups in total. The number of aromatic nitrogens is 4. The largest absolute Gasteiger partial charge is 0.309 e. The van der Waals surface area contributed by atoms with Crippen LogP contribution < -0.4 is 5.32 Å². The first kappa shape index (κ1) is 15.8. The SMILES string of the molecule is Cc1nc(Nc2ncccn2)cc(C2CCCN2S(C)(=O)=O)n1. The monoisotopic (exact) mass is 334 g/mol. The Labute approximate surface area is 135 Å². The van der Waals surface area contributed by atoms with Gasteiger partial charge in [-0.25, -0.2) is 28.4 Å². The molecule has 23 heavy (non-hydrogen) atoms. The van der Waals surface area contributed by atoms with Crippen LogP contribution in [-0.2, 0) is 10.0 Å². The molecule has 3 heterocycles. The standard InChI is InChI=1S/C14H18N6O2S/c1-10-17-11(12-5-3-8-20(12)23(2,21)22)9-13(18-10)19-14-15-6-4-7-16-14/h4,6-7,9,12H,3,5,8H2,1-2H3,(H,15,16,17,18,19). The second kappa shape index (κ2) is 6.17. The van der Waals surface area contributed by atoms with Gasteiger partial charge < -0.3 is 5.32 Å². The molecular weight excluding hydrogens is 316 g/mol. The van der Waals surface area contributed by atoms with Crippen molar-refractivity contribution in [2.75, 3.05) is 18.1 Å². The molecule has 0 aromatic carbocycles. The van der Waals surface area contributed by atoms with Crippen LogP contribution >= 0.6 is 0 Å². The van der Waals surface area contributed by atoms with E-state index in [1.807, 2.05) is 0 Å². The van der Waals surface area contributed by atoms with Gasteiger partial charge in [0.2, 0.25) is 16.0 Å². The van der Waals surface area contributed by atoms with Crippen LogP contribution in [0, 0.1) is 6.92 Å². The van der Waals surface area contributed by atoms with Gasteiger partial charge in [0.25, 0.3) is 0 Å². The molecule has 0 radical (unpaired) electrons. The minimum absolute atomic E-state index is 0.246. The fourth-order valence-electron chi connectivity index (χ4n) is 2.74. The summed E-state index contributed by atoms with van der Waals surface area (Å²) in [5, 5.41) is 3.02. The molecule has 1 aliphatic heterocycles. The van der Waals surface area contributed by atoms with Crippen molar-refractivity contribution in [1.29, 1.82) is 0 Å². The summed E-state index contributed by atoms with van der Waals surface area (Å²) in [5.74, 6) is 1.56. The van der Waals surface area contributed by atoms with Crippen molar-refractivity contribution < 1.29 is 8.42 Å². The smallest absolute Gasteiger partial charge is 0.228 e. The highest BCUT2D eigenvalue weighted by Crippen LogP contribution is 2.33. The number of nitrogens with one attached hydrogen (secondary N) is 1. The molecule has 0 aliphatic carbocycles. The highest BCUT2D eigenvalue weighted by molar-refractivity contribution is 7.88. The van der Waals surface area contributed by atoms with Crippen molar-refractivity contribution in [3.05, 3.63) is 36.0 Å². The van der Waals surface area contributed by atoms with E-state index in [1.165, 1.54) is 10.6 Å². The van der Waals surface area contributed by atoms with Gasteiger partial charge in [0.15, 0.2) is 0 Å². The molecule has 0 amide bonds. The third-order valence-corrected chi connectivity index (χ3v) is 4.92. The number of nitrogens with zero attached hydrogens (tertiary/aromatic N) is 5. The molecule has 1 unspecified atom stereocenters. The Kier molecular flexibility index (Phi) is 4.22. The third-order valence-electron chi connectivity index (χ3n) is 3.63. The van der Waals surface area contributed by atoms with E-state index < -0.39 is 10.0 Å². The third kappa shape index (κ3) is 3.62. The normalized spacial score (nSPS) is 19.0. The van der Waals surface area contributed by atoms with E-state index >= 15 is 0 Å². The second-order valence-corrected chi connectivity index (χ2v) is 7.39. The van der Waals surface area contributed by atoms with Gasteiger partial charge in [-0.05, 0) is 25.8 Å². The van der Waals surface area contributed by atoms with Gasteiger partial charge in [-0.1, -0.05) is 0 Å². The molecule has 8 nitrogen and oxygen atoms in total. The van der Waals surface area contributed by atoms with E-state index in [-0.39, 0.29) is 6.04 Å². The maximum Gasteiger partial charge on any atom is 0.228 e. The van der Waals surface area contributed by atoms with E-state index in [4.69, 9.17) is 0 Å². The molecule has 0 saturated carbocycles. The van der Waals surface area contributed by atoms with Crippen molar-refractivity contribution in [1.82, 2.24) is 24.2 Å². The lowest BCUT2D eigenvalue weighted by atomic mass is 10.1. The van der Waals surface area contributed by atoms with Gasteiger partial charge in [-0.3, -0.25) is 0 Å². The van der Waals surface area contributed by atoms with Crippen molar-refractivity contribution in [2.24, 2.45) is 0 Å². The van der Waals surface area contributed by atoms with Crippen molar-refractivity contribution >= 4 is 21.8 Å². The Morgan fingerprint density at radius 3 is 2.70 bits per heavy atom. The lowest BCUT2D eigenvalue weighted by Gasteiger charge is -2.22. The summed E-state index contributed by atoms with van der Waals surface area (Å²) in [7, 11) is -3.26. The Balaban J connectivity index is 1.91. The van der Waals surface area contributed by atoms with Crippen LogP contribution in [0.4, 0.5) is 11.8 Å². The average molecular weight is 334 g/mol. The fourth-order valence-corrected chi connectivity index (χ4v) is 3.87. The molecule has 122 valence electrons. The summed E-state index contributed by atoms with van der Waals surface area (Å²) < 4.78 is 25.3. The van der Waals surface area contributed by atoms with E-state index in [0.717, 1.165) is 12.8 Å². The average Bonchev–Trinajstić information content (AvgIpc) is 2.97. The van der Waals surface area contributed by atoms with E-state index in [2.05, 4.69) is 25.3 Å². The van der Waals surface area contributed by atoms with Crippen LogP contribution in [0.5, 0.6) is 0 Å². The van der Waals surface area contributed by atoms with Gasteiger partial charge in [-0.2, -0.15) is 4.31 Å². The molecular formula is C14H18N6O2S. The summed E-state index contributed by atoms with van der Waals surface area (Å²) in [6.45, 7) is 2.30. The summed E-state index contributed by atoms with van der Waals surface area (Å²) in [5.41, 5.74) is 0.693. The van der Waals surface area contributed by atoms with Crippen LogP contribution in [0.3, 0.4) is 0 Å². The first-order valence-corrected chi connectivity index (χ1v) is 9.15. The van der Waals surface area contributed by atoms with Crippen molar-refractivity contribution in [3.63, 3.8) is 0 Å². The fraction of sp³-hybridized carbons (Fsp3) is 0.429. The van der Waals surface area contributed by atoms with Crippen LogP contribution in [0.2, 0.25) is 0 Å². The zero-order valence-electron chi connectivity index (χ0n) is 13.0. The molecule has 1 atom stereocenters. The quantitative estimate of drug-likeness (QED) is 0.902. The summed E-state index contributed by atoms with van der Waals surface area (Å²) >= 11 is 0. The van der Waals surface area contributed by atoms with E-state index in [9.17, 15) is 8.42 Å². The number of hydrogen-bond acceptors (Lipinski definition) is 7. The molecule has 2 aromatic rings. The zero-order chi connectivity index (χ0) is 16.4. The Morgan fingerprint density at radius 1 is 1.26 bits per heavy atom. The highest BCUT2D eigenvalue weighted by atomic mass is 32.2. The molecule has 9 heteroatoms. The van der Waals surface area contributed by atoms with Gasteiger partial charge in [0.1, 0.15) is 11.6 Å². The maximum atomic E-state index is 11.9. The lowest BCUT2D eigenvalue weighted by molar-refractivity contribution is 0.393. The van der Waals surface area contributed by atoms with Crippen molar-refractivity contribution in [3.8, 4) is 0 Å². The molecule has 1 saturated heterocycles.